The van der Waals surface area contributed by atoms with Crippen LogP contribution >= 0.6 is 0 Å². The van der Waals surface area contributed by atoms with Crippen LogP contribution in [0, 0.1) is 4.91 Å². The highest BCUT2D eigenvalue weighted by molar-refractivity contribution is 5.68. The zero-order valence-corrected chi connectivity index (χ0v) is 10.5. The van der Waals surface area contributed by atoms with Gasteiger partial charge in [-0.1, -0.05) is 32.6 Å². The van der Waals surface area contributed by atoms with E-state index in [1.807, 2.05) is 0 Å². The van der Waals surface area contributed by atoms with Gasteiger partial charge >= 0.3 is 5.97 Å². The SMILES string of the molecule is CCCCCCCC(=O)O[N+](=O)CCCC=O. The Morgan fingerprint density at radius 2 is 1.88 bits per heavy atom. The van der Waals surface area contributed by atoms with E-state index in [4.69, 9.17) is 0 Å². The summed E-state index contributed by atoms with van der Waals surface area (Å²) in [5.74, 6) is -0.484. The molecule has 0 bridgehead atoms. The van der Waals surface area contributed by atoms with Gasteiger partial charge < -0.3 is 4.79 Å². The highest BCUT2D eigenvalue weighted by Gasteiger charge is 2.16. The largest absolute Gasteiger partial charge is 0.385 e. The Morgan fingerprint density at radius 1 is 1.18 bits per heavy atom. The number of hydrogen-bond donors (Lipinski definition) is 0. The van der Waals surface area contributed by atoms with Gasteiger partial charge in [0.05, 0.1) is 11.3 Å². The standard InChI is InChI=1S/C12H22NO4/c1-2-3-4-5-6-9-12(15)17-13(16)10-7-8-11-14/h11H,2-10H2,1H3/q+1. The van der Waals surface area contributed by atoms with Gasteiger partial charge in [-0.15, -0.1) is 0 Å². The third-order valence-electron chi connectivity index (χ3n) is 2.35. The van der Waals surface area contributed by atoms with E-state index in [2.05, 4.69) is 11.8 Å². The number of nitrogens with zero attached hydrogens (tertiary/aromatic N) is 1. The van der Waals surface area contributed by atoms with Gasteiger partial charge in [0.25, 0.3) is 0 Å². The Morgan fingerprint density at radius 3 is 2.53 bits per heavy atom. The van der Waals surface area contributed by atoms with Crippen molar-refractivity contribution in [3.8, 4) is 0 Å². The number of carbonyl (C=O) groups excluding carboxylic acids is 2. The van der Waals surface area contributed by atoms with Crippen molar-refractivity contribution in [1.82, 2.24) is 0 Å². The van der Waals surface area contributed by atoms with Gasteiger partial charge in [0.15, 0.2) is 0 Å². The topological polar surface area (TPSA) is 63.5 Å². The summed E-state index contributed by atoms with van der Waals surface area (Å²) in [4.78, 5) is 37.0. The minimum absolute atomic E-state index is 0.0559. The van der Waals surface area contributed by atoms with E-state index in [1.54, 1.807) is 0 Å². The molecule has 0 N–H and O–H groups in total. The molecule has 0 saturated carbocycles. The molecule has 0 radical (unpaired) electrons. The third-order valence-corrected chi connectivity index (χ3v) is 2.35. The van der Waals surface area contributed by atoms with E-state index in [-0.39, 0.29) is 17.9 Å². The summed E-state index contributed by atoms with van der Waals surface area (Å²) in [6.07, 6.45) is 6.96. The lowest BCUT2D eigenvalue weighted by Crippen LogP contribution is -2.16. The normalized spacial score (nSPS) is 9.94. The maximum absolute atomic E-state index is 11.2. The fourth-order valence-corrected chi connectivity index (χ4v) is 1.38. The van der Waals surface area contributed by atoms with Crippen LogP contribution in [0.2, 0.25) is 0 Å². The summed E-state index contributed by atoms with van der Waals surface area (Å²) in [5, 5.41) is 0. The second-order valence-corrected chi connectivity index (χ2v) is 3.99. The Kier molecular flexibility index (Phi) is 10.4. The van der Waals surface area contributed by atoms with Crippen LogP contribution in [0.3, 0.4) is 0 Å². The van der Waals surface area contributed by atoms with Gasteiger partial charge in [-0.2, -0.15) is 4.84 Å². The molecule has 0 fully saturated rings. The molecule has 0 aliphatic carbocycles. The van der Waals surface area contributed by atoms with Crippen LogP contribution in [0.1, 0.15) is 58.3 Å². The van der Waals surface area contributed by atoms with Crippen molar-refractivity contribution in [3.63, 3.8) is 0 Å². The summed E-state index contributed by atoms with van der Waals surface area (Å²) < 4.78 is 0. The molecule has 0 aromatic carbocycles. The van der Waals surface area contributed by atoms with Crippen molar-refractivity contribution in [2.75, 3.05) is 6.54 Å². The molecule has 5 heteroatoms. The van der Waals surface area contributed by atoms with Gasteiger partial charge in [0, 0.05) is 12.8 Å². The molecule has 98 valence electrons. The Hall–Kier alpha value is -1.26. The number of aldehydes is 1. The molecule has 0 spiro atoms. The Bertz CT molecular complexity index is 241. The van der Waals surface area contributed by atoms with Crippen LogP contribution < -0.4 is 0 Å². The van der Waals surface area contributed by atoms with Crippen molar-refractivity contribution >= 4 is 12.3 Å². The zero-order chi connectivity index (χ0) is 12.9. The monoisotopic (exact) mass is 244 g/mol. The molecule has 0 saturated heterocycles. The smallest absolute Gasteiger partial charge is 0.303 e. The van der Waals surface area contributed by atoms with Gasteiger partial charge in [0.2, 0.25) is 11.5 Å². The summed E-state index contributed by atoms with van der Waals surface area (Å²) in [7, 11) is 0. The summed E-state index contributed by atoms with van der Waals surface area (Å²) in [6.45, 7) is 2.18. The predicted octanol–water partition coefficient (Wildman–Crippen LogP) is 2.56. The van der Waals surface area contributed by atoms with Crippen molar-refractivity contribution in [2.45, 2.75) is 58.3 Å². The number of hydrogen-bond acceptors (Lipinski definition) is 4. The predicted molar refractivity (Wildman–Crippen MR) is 63.3 cm³/mol. The first-order valence-electron chi connectivity index (χ1n) is 6.29. The Balaban J connectivity index is 3.44. The number of rotatable bonds is 11. The highest BCUT2D eigenvalue weighted by atomic mass is 16.8. The van der Waals surface area contributed by atoms with Crippen LogP contribution in [0.5, 0.6) is 0 Å². The first kappa shape index (κ1) is 15.7. The van der Waals surface area contributed by atoms with Gasteiger partial charge in [-0.3, -0.25) is 0 Å². The second-order valence-electron chi connectivity index (χ2n) is 3.99. The van der Waals surface area contributed by atoms with Gasteiger partial charge in [0.1, 0.15) is 6.29 Å². The molecule has 0 atom stereocenters. The van der Waals surface area contributed by atoms with E-state index >= 15 is 0 Å². The van der Waals surface area contributed by atoms with E-state index in [1.165, 1.54) is 6.42 Å². The van der Waals surface area contributed by atoms with Crippen molar-refractivity contribution in [2.24, 2.45) is 0 Å². The fourth-order valence-electron chi connectivity index (χ4n) is 1.38. The first-order valence-corrected chi connectivity index (χ1v) is 6.29. The molecule has 17 heavy (non-hydrogen) atoms. The van der Waals surface area contributed by atoms with Crippen LogP contribution in [-0.4, -0.2) is 23.7 Å². The van der Waals surface area contributed by atoms with Crippen LogP contribution in [0.4, 0.5) is 0 Å². The zero-order valence-electron chi connectivity index (χ0n) is 10.5. The quantitative estimate of drug-likeness (QED) is 0.318. The van der Waals surface area contributed by atoms with E-state index in [0.29, 0.717) is 12.8 Å². The lowest BCUT2D eigenvalue weighted by molar-refractivity contribution is -0.777. The second kappa shape index (κ2) is 11.2. The average molecular weight is 244 g/mol. The van der Waals surface area contributed by atoms with E-state index in [9.17, 15) is 14.5 Å². The van der Waals surface area contributed by atoms with Crippen molar-refractivity contribution in [3.05, 3.63) is 4.91 Å². The fraction of sp³-hybridized carbons (Fsp3) is 0.833. The molecular formula is C12H22NO4+. The molecule has 0 aliphatic heterocycles. The minimum atomic E-state index is -0.484. The van der Waals surface area contributed by atoms with E-state index < -0.39 is 5.97 Å². The average Bonchev–Trinajstić information content (AvgIpc) is 2.29. The molecule has 0 amide bonds. The lowest BCUT2D eigenvalue weighted by atomic mass is 10.1. The first-order chi connectivity index (χ1) is 8.20. The minimum Gasteiger partial charge on any atom is -0.303 e. The molecule has 0 aliphatic rings. The molecule has 0 heterocycles. The van der Waals surface area contributed by atoms with Crippen molar-refractivity contribution in [1.29, 1.82) is 0 Å². The molecule has 0 rings (SSSR count). The summed E-state index contributed by atoms with van der Waals surface area (Å²) in [6, 6.07) is 0. The number of carbonyl (C=O) groups is 2. The van der Waals surface area contributed by atoms with E-state index in [0.717, 1.165) is 32.0 Å². The highest BCUT2D eigenvalue weighted by Crippen LogP contribution is 2.05. The molecular weight excluding hydrogens is 222 g/mol. The summed E-state index contributed by atoms with van der Waals surface area (Å²) in [5.41, 5.74) is 0. The third kappa shape index (κ3) is 11.0. The van der Waals surface area contributed by atoms with Crippen LogP contribution in [-0.2, 0) is 14.4 Å². The molecule has 5 nitrogen and oxygen atoms in total. The van der Waals surface area contributed by atoms with Crippen LogP contribution in [0.25, 0.3) is 0 Å². The summed E-state index contributed by atoms with van der Waals surface area (Å²) >= 11 is 0. The van der Waals surface area contributed by atoms with Crippen molar-refractivity contribution < 1.29 is 19.3 Å². The van der Waals surface area contributed by atoms with Gasteiger partial charge in [-0.05, 0) is 6.42 Å². The van der Waals surface area contributed by atoms with Crippen LogP contribution in [0.15, 0.2) is 0 Å². The Labute approximate surface area is 102 Å². The maximum atomic E-state index is 11.2. The molecule has 0 aromatic heterocycles. The van der Waals surface area contributed by atoms with Gasteiger partial charge in [-0.25, -0.2) is 4.79 Å². The molecule has 0 aromatic rings. The lowest BCUT2D eigenvalue weighted by Gasteiger charge is -1.97. The molecule has 0 unspecified atom stereocenters. The maximum Gasteiger partial charge on any atom is 0.385 e. The number of unbranched alkanes of at least 4 members (excludes halogenated alkanes) is 5.